The molecule has 2 heteroatoms. The maximum absolute atomic E-state index is 10.6. The van der Waals surface area contributed by atoms with Crippen molar-refractivity contribution in [2.45, 2.75) is 12.8 Å². The average Bonchev–Trinajstić information content (AvgIpc) is 2.50. The summed E-state index contributed by atoms with van der Waals surface area (Å²) in [6.07, 6.45) is 4.71. The zero-order valence-corrected chi connectivity index (χ0v) is 11.6. The van der Waals surface area contributed by atoms with E-state index in [9.17, 15) is 4.79 Å². The first-order valence-corrected chi connectivity index (χ1v) is 7.04. The van der Waals surface area contributed by atoms with Gasteiger partial charge in [0, 0.05) is 6.42 Å². The summed E-state index contributed by atoms with van der Waals surface area (Å²) in [5, 5.41) is 13.5. The maximum atomic E-state index is 10.6. The Hall–Kier alpha value is -2.61. The molecule has 0 aliphatic carbocycles. The van der Waals surface area contributed by atoms with Gasteiger partial charge >= 0.3 is 5.97 Å². The van der Waals surface area contributed by atoms with E-state index < -0.39 is 5.97 Å². The molecular formula is C19H16O2. The summed E-state index contributed by atoms with van der Waals surface area (Å²) in [4.78, 5) is 10.6. The van der Waals surface area contributed by atoms with Crippen LogP contribution in [0.2, 0.25) is 0 Å². The number of aliphatic carboxylic acids is 1. The van der Waals surface area contributed by atoms with Crippen LogP contribution in [0.4, 0.5) is 0 Å². The Kier molecular flexibility index (Phi) is 3.69. The molecule has 104 valence electrons. The predicted octanol–water partition coefficient (Wildman–Crippen LogP) is 4.87. The van der Waals surface area contributed by atoms with E-state index in [0.717, 1.165) is 5.56 Å². The molecule has 0 aliphatic rings. The van der Waals surface area contributed by atoms with Crippen LogP contribution in [0.15, 0.2) is 60.7 Å². The van der Waals surface area contributed by atoms with Crippen molar-refractivity contribution in [3.05, 3.63) is 66.2 Å². The summed E-state index contributed by atoms with van der Waals surface area (Å²) >= 11 is 0. The van der Waals surface area contributed by atoms with E-state index in [4.69, 9.17) is 5.11 Å². The molecule has 1 N–H and O–H groups in total. The fraction of sp³-hybridized carbons (Fsp3) is 0.105. The highest BCUT2D eigenvalue weighted by Gasteiger charge is 2.04. The van der Waals surface area contributed by atoms with Gasteiger partial charge in [0.2, 0.25) is 0 Å². The molecule has 21 heavy (non-hydrogen) atoms. The molecule has 3 rings (SSSR count). The van der Waals surface area contributed by atoms with Crippen LogP contribution >= 0.6 is 0 Å². The van der Waals surface area contributed by atoms with Crippen molar-refractivity contribution in [1.82, 2.24) is 0 Å². The van der Waals surface area contributed by atoms with Crippen LogP contribution in [0.25, 0.3) is 27.6 Å². The lowest BCUT2D eigenvalue weighted by molar-refractivity contribution is -0.136. The van der Waals surface area contributed by atoms with Crippen LogP contribution in [-0.2, 0) is 4.79 Å². The van der Waals surface area contributed by atoms with E-state index in [2.05, 4.69) is 30.3 Å². The van der Waals surface area contributed by atoms with E-state index in [1.165, 1.54) is 21.5 Å². The Labute approximate surface area is 123 Å². The highest BCUT2D eigenvalue weighted by Crippen LogP contribution is 2.29. The molecule has 0 fully saturated rings. The van der Waals surface area contributed by atoms with Crippen LogP contribution in [0.5, 0.6) is 0 Å². The molecule has 0 amide bonds. The van der Waals surface area contributed by atoms with E-state index in [0.29, 0.717) is 6.42 Å². The average molecular weight is 276 g/mol. The molecule has 3 aromatic carbocycles. The number of carboxylic acids is 1. The van der Waals surface area contributed by atoms with Gasteiger partial charge in [0.1, 0.15) is 0 Å². The SMILES string of the molecule is O=C(O)CCC=Cc1c2ccccc2cc2ccccc12. The van der Waals surface area contributed by atoms with Crippen molar-refractivity contribution in [3.63, 3.8) is 0 Å². The Morgan fingerprint density at radius 2 is 1.52 bits per heavy atom. The smallest absolute Gasteiger partial charge is 0.303 e. The molecule has 0 aliphatic heterocycles. The molecular weight excluding hydrogens is 260 g/mol. The van der Waals surface area contributed by atoms with Crippen molar-refractivity contribution < 1.29 is 9.90 Å². The lowest BCUT2D eigenvalue weighted by Gasteiger charge is -2.08. The lowest BCUT2D eigenvalue weighted by Crippen LogP contribution is -1.91. The fourth-order valence-corrected chi connectivity index (χ4v) is 2.64. The second-order valence-electron chi connectivity index (χ2n) is 5.07. The number of rotatable bonds is 4. The van der Waals surface area contributed by atoms with Gasteiger partial charge in [-0.25, -0.2) is 0 Å². The van der Waals surface area contributed by atoms with Gasteiger partial charge in [-0.3, -0.25) is 4.79 Å². The number of carbonyl (C=O) groups is 1. The van der Waals surface area contributed by atoms with Gasteiger partial charge < -0.3 is 5.11 Å². The quantitative estimate of drug-likeness (QED) is 0.690. The fourth-order valence-electron chi connectivity index (χ4n) is 2.64. The number of benzene rings is 3. The van der Waals surface area contributed by atoms with Gasteiger partial charge in [0.25, 0.3) is 0 Å². The summed E-state index contributed by atoms with van der Waals surface area (Å²) in [5.41, 5.74) is 1.16. The summed E-state index contributed by atoms with van der Waals surface area (Å²) < 4.78 is 0. The molecule has 0 saturated carbocycles. The number of allylic oxidation sites excluding steroid dienone is 1. The molecule has 0 bridgehead atoms. The Balaban J connectivity index is 2.13. The van der Waals surface area contributed by atoms with E-state index in [1.54, 1.807) is 0 Å². The van der Waals surface area contributed by atoms with Crippen molar-refractivity contribution in [1.29, 1.82) is 0 Å². The van der Waals surface area contributed by atoms with Crippen molar-refractivity contribution in [3.8, 4) is 0 Å². The molecule has 0 heterocycles. The lowest BCUT2D eigenvalue weighted by atomic mass is 9.96. The van der Waals surface area contributed by atoms with E-state index in [1.807, 2.05) is 36.4 Å². The van der Waals surface area contributed by atoms with Crippen molar-refractivity contribution in [2.24, 2.45) is 0 Å². The molecule has 0 aromatic heterocycles. The van der Waals surface area contributed by atoms with E-state index in [-0.39, 0.29) is 6.42 Å². The number of hydrogen-bond donors (Lipinski definition) is 1. The standard InChI is InChI=1S/C19H16O2/c20-19(21)12-6-5-11-18-16-9-3-1-7-14(16)13-15-8-2-4-10-17(15)18/h1-5,7-11,13H,6,12H2,(H,20,21). The number of fused-ring (bicyclic) bond motifs is 2. The summed E-state index contributed by atoms with van der Waals surface area (Å²) in [5.74, 6) is -0.762. The molecule has 0 saturated heterocycles. The molecule has 0 spiro atoms. The van der Waals surface area contributed by atoms with Crippen LogP contribution in [0.3, 0.4) is 0 Å². The molecule has 2 nitrogen and oxygen atoms in total. The first-order chi connectivity index (χ1) is 10.3. The predicted molar refractivity (Wildman–Crippen MR) is 87.4 cm³/mol. The minimum atomic E-state index is -0.762. The zero-order valence-electron chi connectivity index (χ0n) is 11.6. The van der Waals surface area contributed by atoms with Crippen molar-refractivity contribution in [2.75, 3.05) is 0 Å². The monoisotopic (exact) mass is 276 g/mol. The van der Waals surface area contributed by atoms with Gasteiger partial charge in [0.15, 0.2) is 0 Å². The van der Waals surface area contributed by atoms with E-state index >= 15 is 0 Å². The second-order valence-corrected chi connectivity index (χ2v) is 5.07. The number of hydrogen-bond acceptors (Lipinski definition) is 1. The molecule has 3 aromatic rings. The first kappa shape index (κ1) is 13.4. The molecule has 0 radical (unpaired) electrons. The third-order valence-corrected chi connectivity index (χ3v) is 3.62. The maximum Gasteiger partial charge on any atom is 0.303 e. The Bertz CT molecular complexity index is 777. The Morgan fingerprint density at radius 1 is 0.952 bits per heavy atom. The minimum absolute atomic E-state index is 0.166. The summed E-state index contributed by atoms with van der Waals surface area (Å²) in [6, 6.07) is 18.8. The van der Waals surface area contributed by atoms with Crippen molar-refractivity contribution >= 4 is 33.6 Å². The first-order valence-electron chi connectivity index (χ1n) is 7.04. The van der Waals surface area contributed by atoms with Gasteiger partial charge in [-0.1, -0.05) is 60.7 Å². The number of carboxylic acid groups (broad SMARTS) is 1. The molecule has 0 atom stereocenters. The minimum Gasteiger partial charge on any atom is -0.481 e. The normalized spacial score (nSPS) is 11.4. The third kappa shape index (κ3) is 2.79. The second kappa shape index (κ2) is 5.80. The van der Waals surface area contributed by atoms with Gasteiger partial charge in [0.05, 0.1) is 0 Å². The third-order valence-electron chi connectivity index (χ3n) is 3.62. The van der Waals surface area contributed by atoms with Gasteiger partial charge in [-0.15, -0.1) is 0 Å². The van der Waals surface area contributed by atoms with Gasteiger partial charge in [-0.2, -0.15) is 0 Å². The highest BCUT2D eigenvalue weighted by atomic mass is 16.4. The van der Waals surface area contributed by atoms with Crippen LogP contribution in [0, 0.1) is 0 Å². The molecule has 0 unspecified atom stereocenters. The van der Waals surface area contributed by atoms with Crippen LogP contribution in [-0.4, -0.2) is 11.1 Å². The Morgan fingerprint density at radius 3 is 2.10 bits per heavy atom. The topological polar surface area (TPSA) is 37.3 Å². The summed E-state index contributed by atoms with van der Waals surface area (Å²) in [6.45, 7) is 0. The largest absolute Gasteiger partial charge is 0.481 e. The highest BCUT2D eigenvalue weighted by molar-refractivity contribution is 6.06. The van der Waals surface area contributed by atoms with Gasteiger partial charge in [-0.05, 0) is 39.6 Å². The van der Waals surface area contributed by atoms with Crippen LogP contribution < -0.4 is 0 Å². The summed E-state index contributed by atoms with van der Waals surface area (Å²) in [7, 11) is 0. The van der Waals surface area contributed by atoms with Crippen LogP contribution in [0.1, 0.15) is 18.4 Å². The zero-order chi connectivity index (χ0) is 14.7.